The second kappa shape index (κ2) is 9.57. The molecule has 0 aliphatic carbocycles. The van der Waals surface area contributed by atoms with Crippen molar-refractivity contribution in [1.29, 1.82) is 0 Å². The third-order valence-electron chi connectivity index (χ3n) is 4.76. The van der Waals surface area contributed by atoms with E-state index in [1.54, 1.807) is 0 Å². The minimum absolute atomic E-state index is 0.272. The topological polar surface area (TPSA) is 96.4 Å². The molecule has 0 bridgehead atoms. The van der Waals surface area contributed by atoms with Crippen LogP contribution >= 0.6 is 0 Å². The van der Waals surface area contributed by atoms with Gasteiger partial charge in [-0.1, -0.05) is 19.0 Å². The Morgan fingerprint density at radius 2 is 2.29 bits per heavy atom. The van der Waals surface area contributed by atoms with E-state index in [4.69, 9.17) is 9.52 Å². The van der Waals surface area contributed by atoms with Crippen molar-refractivity contribution in [3.8, 4) is 0 Å². The normalized spacial score (nSPS) is 18.0. The van der Waals surface area contributed by atoms with Crippen molar-refractivity contribution in [3.63, 3.8) is 0 Å². The Balaban J connectivity index is 1.54. The summed E-state index contributed by atoms with van der Waals surface area (Å²) >= 11 is 0. The highest BCUT2D eigenvalue weighted by atomic mass is 16.5. The fraction of sp³-hybridized carbons (Fsp3) is 0.684. The molecule has 0 spiro atoms. The monoisotopic (exact) mass is 388 g/mol. The Morgan fingerprint density at radius 3 is 2.96 bits per heavy atom. The molecule has 154 valence electrons. The van der Waals surface area contributed by atoms with Gasteiger partial charge in [0.05, 0.1) is 18.4 Å². The van der Waals surface area contributed by atoms with Gasteiger partial charge in [0.25, 0.3) is 0 Å². The Hall–Kier alpha value is -2.58. The minimum Gasteiger partial charge on any atom is -0.367 e. The molecule has 3 rings (SSSR count). The first kappa shape index (κ1) is 20.2. The Morgan fingerprint density at radius 1 is 1.43 bits per heavy atom. The number of nitrogens with one attached hydrogen (secondary N) is 2. The standard InChI is InChI=1S/C19H32N8O/c1-5-20-19(21-9-8-17-24-18(14(2)3)25-28-17)23-15-7-6-10-27(12-15)16-11-22-26(4)13-16/h11,13-15H,5-10,12H2,1-4H3,(H2,20,21,23). The predicted molar refractivity (Wildman–Crippen MR) is 110 cm³/mol. The summed E-state index contributed by atoms with van der Waals surface area (Å²) in [7, 11) is 1.95. The van der Waals surface area contributed by atoms with E-state index in [-0.39, 0.29) is 5.92 Å². The molecule has 9 nitrogen and oxygen atoms in total. The van der Waals surface area contributed by atoms with Gasteiger partial charge < -0.3 is 20.1 Å². The molecule has 1 aliphatic rings. The van der Waals surface area contributed by atoms with Crippen molar-refractivity contribution in [2.45, 2.75) is 52.0 Å². The zero-order valence-corrected chi connectivity index (χ0v) is 17.4. The van der Waals surface area contributed by atoms with Gasteiger partial charge in [-0.2, -0.15) is 10.1 Å². The Kier molecular flexibility index (Phi) is 6.89. The van der Waals surface area contributed by atoms with Crippen LogP contribution in [0.2, 0.25) is 0 Å². The number of hydrogen-bond acceptors (Lipinski definition) is 6. The van der Waals surface area contributed by atoms with Crippen molar-refractivity contribution < 1.29 is 4.52 Å². The van der Waals surface area contributed by atoms with Crippen molar-refractivity contribution in [1.82, 2.24) is 30.6 Å². The van der Waals surface area contributed by atoms with Crippen LogP contribution in [0, 0.1) is 0 Å². The van der Waals surface area contributed by atoms with E-state index in [1.165, 1.54) is 5.69 Å². The highest BCUT2D eigenvalue weighted by Gasteiger charge is 2.21. The summed E-state index contributed by atoms with van der Waals surface area (Å²) in [4.78, 5) is 11.5. The SMILES string of the molecule is CCNC(=NCCc1nc(C(C)C)no1)NC1CCCN(c2cnn(C)c2)C1. The molecule has 2 aromatic heterocycles. The molecule has 2 aromatic rings. The summed E-state index contributed by atoms with van der Waals surface area (Å²) in [6.07, 6.45) is 6.91. The lowest BCUT2D eigenvalue weighted by Gasteiger charge is -2.34. The highest BCUT2D eigenvalue weighted by Crippen LogP contribution is 2.19. The third kappa shape index (κ3) is 5.46. The van der Waals surface area contributed by atoms with Gasteiger partial charge in [0.2, 0.25) is 5.89 Å². The summed E-state index contributed by atoms with van der Waals surface area (Å²) in [5.41, 5.74) is 1.17. The van der Waals surface area contributed by atoms with Gasteiger partial charge >= 0.3 is 0 Å². The van der Waals surface area contributed by atoms with Crippen LogP contribution in [0.5, 0.6) is 0 Å². The molecule has 28 heavy (non-hydrogen) atoms. The number of hydrogen-bond donors (Lipinski definition) is 2. The van der Waals surface area contributed by atoms with Crippen molar-refractivity contribution >= 4 is 11.6 Å². The number of aryl methyl sites for hydroxylation is 1. The van der Waals surface area contributed by atoms with Crippen molar-refractivity contribution in [3.05, 3.63) is 24.1 Å². The third-order valence-corrected chi connectivity index (χ3v) is 4.76. The minimum atomic E-state index is 0.272. The molecule has 3 heterocycles. The zero-order chi connectivity index (χ0) is 19.9. The van der Waals surface area contributed by atoms with Crippen LogP contribution in [0.1, 0.15) is 51.2 Å². The van der Waals surface area contributed by atoms with Crippen LogP contribution in [0.3, 0.4) is 0 Å². The second-order valence-corrected chi connectivity index (χ2v) is 7.51. The maximum Gasteiger partial charge on any atom is 0.228 e. The van der Waals surface area contributed by atoms with Crippen LogP contribution in [0.4, 0.5) is 5.69 Å². The molecular formula is C19H32N8O. The molecule has 2 N–H and O–H groups in total. The van der Waals surface area contributed by atoms with Gasteiger partial charge in [-0.15, -0.1) is 0 Å². The first-order valence-electron chi connectivity index (χ1n) is 10.2. The van der Waals surface area contributed by atoms with Gasteiger partial charge in [0.1, 0.15) is 0 Å². The molecule has 1 fully saturated rings. The molecule has 1 atom stereocenters. The van der Waals surface area contributed by atoms with Crippen molar-refractivity contribution in [2.75, 3.05) is 31.1 Å². The van der Waals surface area contributed by atoms with Crippen LogP contribution in [0.15, 0.2) is 21.9 Å². The van der Waals surface area contributed by atoms with E-state index in [0.29, 0.717) is 24.9 Å². The van der Waals surface area contributed by atoms with E-state index in [0.717, 1.165) is 44.3 Å². The molecule has 0 radical (unpaired) electrons. The number of rotatable bonds is 7. The largest absolute Gasteiger partial charge is 0.367 e. The van der Waals surface area contributed by atoms with Gasteiger partial charge in [0, 0.05) is 51.3 Å². The van der Waals surface area contributed by atoms with E-state index in [9.17, 15) is 0 Å². The van der Waals surface area contributed by atoms with Crippen LogP contribution in [-0.2, 0) is 13.5 Å². The molecule has 1 unspecified atom stereocenters. The lowest BCUT2D eigenvalue weighted by molar-refractivity contribution is 0.372. The van der Waals surface area contributed by atoms with Gasteiger partial charge in [0.15, 0.2) is 11.8 Å². The highest BCUT2D eigenvalue weighted by molar-refractivity contribution is 5.80. The number of aromatic nitrogens is 4. The van der Waals surface area contributed by atoms with E-state index in [1.807, 2.05) is 17.9 Å². The Bertz CT molecular complexity index is 766. The number of anilines is 1. The lowest BCUT2D eigenvalue weighted by atomic mass is 10.1. The maximum absolute atomic E-state index is 5.30. The summed E-state index contributed by atoms with van der Waals surface area (Å²) in [5.74, 6) is 2.50. The average Bonchev–Trinajstić information content (AvgIpc) is 3.31. The number of piperidine rings is 1. The smallest absolute Gasteiger partial charge is 0.228 e. The first-order chi connectivity index (χ1) is 13.5. The molecule has 0 amide bonds. The van der Waals surface area contributed by atoms with Crippen molar-refractivity contribution in [2.24, 2.45) is 12.0 Å². The number of aliphatic imine (C=N–C) groups is 1. The van der Waals surface area contributed by atoms with E-state index < -0.39 is 0 Å². The van der Waals surface area contributed by atoms with Gasteiger partial charge in [-0.3, -0.25) is 9.67 Å². The predicted octanol–water partition coefficient (Wildman–Crippen LogP) is 1.69. The molecule has 0 aromatic carbocycles. The summed E-state index contributed by atoms with van der Waals surface area (Å²) in [6, 6.07) is 0.350. The fourth-order valence-electron chi connectivity index (χ4n) is 3.28. The fourth-order valence-corrected chi connectivity index (χ4v) is 3.28. The number of guanidine groups is 1. The van der Waals surface area contributed by atoms with Gasteiger partial charge in [-0.05, 0) is 19.8 Å². The summed E-state index contributed by atoms with van der Waals surface area (Å²) < 4.78 is 7.14. The summed E-state index contributed by atoms with van der Waals surface area (Å²) in [6.45, 7) is 9.62. The molecule has 9 heteroatoms. The van der Waals surface area contributed by atoms with Crippen LogP contribution < -0.4 is 15.5 Å². The average molecular weight is 389 g/mol. The van der Waals surface area contributed by atoms with Crippen LogP contribution in [-0.4, -0.2) is 58.1 Å². The first-order valence-corrected chi connectivity index (χ1v) is 10.2. The number of nitrogens with zero attached hydrogens (tertiary/aromatic N) is 6. The molecule has 1 saturated heterocycles. The van der Waals surface area contributed by atoms with Gasteiger partial charge in [-0.25, -0.2) is 0 Å². The van der Waals surface area contributed by atoms with E-state index in [2.05, 4.69) is 57.7 Å². The van der Waals surface area contributed by atoms with Crippen LogP contribution in [0.25, 0.3) is 0 Å². The lowest BCUT2D eigenvalue weighted by Crippen LogP contribution is -2.51. The summed E-state index contributed by atoms with van der Waals surface area (Å²) in [5, 5.41) is 15.2. The molecule has 0 saturated carbocycles. The quantitative estimate of drug-likeness (QED) is 0.550. The zero-order valence-electron chi connectivity index (χ0n) is 17.4. The van der Waals surface area contributed by atoms with E-state index >= 15 is 0 Å². The maximum atomic E-state index is 5.30. The molecular weight excluding hydrogens is 356 g/mol. The Labute approximate surface area is 166 Å². The second-order valence-electron chi connectivity index (χ2n) is 7.51. The molecule has 1 aliphatic heterocycles.